The van der Waals surface area contributed by atoms with E-state index >= 15 is 0 Å². The van der Waals surface area contributed by atoms with Gasteiger partial charge in [0.1, 0.15) is 0 Å². The second kappa shape index (κ2) is 5.61. The normalized spacial score (nSPS) is 16.4. The summed E-state index contributed by atoms with van der Waals surface area (Å²) in [6.07, 6.45) is 0.289. The number of carboxylic acid groups (broad SMARTS) is 1. The van der Waals surface area contributed by atoms with Crippen LogP contribution < -0.4 is 0 Å². The number of aliphatic hydroxyl groups is 1. The molecule has 0 fully saturated rings. The number of rotatable bonds is 6. The van der Waals surface area contributed by atoms with Crippen LogP contribution in [0.4, 0.5) is 0 Å². The average Bonchev–Trinajstić information content (AvgIpc) is 2.03. The van der Waals surface area contributed by atoms with Gasteiger partial charge in [-0.2, -0.15) is 11.8 Å². The molecule has 2 unspecified atom stereocenters. The Balaban J connectivity index is 3.79. The minimum atomic E-state index is -0.761. The highest BCUT2D eigenvalue weighted by molar-refractivity contribution is 7.99. The summed E-state index contributed by atoms with van der Waals surface area (Å²) in [5, 5.41) is 18.2. The number of hydrogen-bond acceptors (Lipinski definition) is 3. The second-order valence-corrected chi connectivity index (χ2v) is 5.74. The molecule has 3 nitrogen and oxygen atoms in total. The fourth-order valence-electron chi connectivity index (χ4n) is 0.746. The first-order chi connectivity index (χ1) is 6.27. The van der Waals surface area contributed by atoms with Gasteiger partial charge in [-0.05, 0) is 32.9 Å². The van der Waals surface area contributed by atoms with Crippen molar-refractivity contribution in [2.24, 2.45) is 5.41 Å². The third kappa shape index (κ3) is 4.86. The lowest BCUT2D eigenvalue weighted by Crippen LogP contribution is -2.25. The molecular formula is C10H20O3S. The Morgan fingerprint density at radius 2 is 1.93 bits per heavy atom. The minimum Gasteiger partial charge on any atom is -0.481 e. The van der Waals surface area contributed by atoms with E-state index in [0.717, 1.165) is 5.75 Å². The lowest BCUT2D eigenvalue weighted by atomic mass is 9.91. The first-order valence-electron chi connectivity index (χ1n) is 4.80. The highest BCUT2D eigenvalue weighted by atomic mass is 32.2. The third-order valence-corrected chi connectivity index (χ3v) is 3.73. The van der Waals surface area contributed by atoms with E-state index in [9.17, 15) is 9.90 Å². The zero-order valence-corrected chi connectivity index (χ0v) is 10.1. The Labute approximate surface area is 89.9 Å². The highest BCUT2D eigenvalue weighted by Gasteiger charge is 2.26. The first kappa shape index (κ1) is 13.8. The molecule has 0 saturated heterocycles. The zero-order chi connectivity index (χ0) is 11.4. The van der Waals surface area contributed by atoms with E-state index in [0.29, 0.717) is 6.42 Å². The van der Waals surface area contributed by atoms with Crippen LogP contribution in [0.5, 0.6) is 0 Å². The summed E-state index contributed by atoms with van der Waals surface area (Å²) in [4.78, 5) is 10.8. The van der Waals surface area contributed by atoms with Crippen LogP contribution in [0.1, 0.15) is 34.1 Å². The van der Waals surface area contributed by atoms with Crippen LogP contribution in [-0.2, 0) is 4.79 Å². The van der Waals surface area contributed by atoms with Gasteiger partial charge >= 0.3 is 5.97 Å². The molecule has 0 aliphatic rings. The highest BCUT2D eigenvalue weighted by Crippen LogP contribution is 2.25. The maximum atomic E-state index is 10.8. The molecule has 2 atom stereocenters. The molecule has 0 bridgehead atoms. The van der Waals surface area contributed by atoms with Crippen LogP contribution in [0.2, 0.25) is 0 Å². The molecule has 0 aliphatic carbocycles. The molecule has 0 amide bonds. The Bertz CT molecular complexity index is 190. The second-order valence-electron chi connectivity index (χ2n) is 4.26. The lowest BCUT2D eigenvalue weighted by molar-refractivity contribution is -0.146. The summed E-state index contributed by atoms with van der Waals surface area (Å²) in [6.45, 7) is 7.15. The van der Waals surface area contributed by atoms with Gasteiger partial charge in [-0.3, -0.25) is 4.79 Å². The molecule has 0 aromatic heterocycles. The topological polar surface area (TPSA) is 57.5 Å². The van der Waals surface area contributed by atoms with Gasteiger partial charge in [0.15, 0.2) is 0 Å². The maximum absolute atomic E-state index is 10.8. The molecule has 0 aromatic carbocycles. The van der Waals surface area contributed by atoms with Gasteiger partial charge in [-0.1, -0.05) is 6.92 Å². The van der Waals surface area contributed by atoms with E-state index < -0.39 is 11.4 Å². The van der Waals surface area contributed by atoms with Crippen molar-refractivity contribution in [3.8, 4) is 0 Å². The van der Waals surface area contributed by atoms with Crippen LogP contribution >= 0.6 is 11.8 Å². The van der Waals surface area contributed by atoms with E-state index in [2.05, 4.69) is 0 Å². The Kier molecular flexibility index (Phi) is 5.52. The van der Waals surface area contributed by atoms with E-state index in [1.165, 1.54) is 0 Å². The third-order valence-electron chi connectivity index (χ3n) is 2.37. The van der Waals surface area contributed by atoms with Crippen LogP contribution in [-0.4, -0.2) is 33.3 Å². The molecule has 4 heteroatoms. The van der Waals surface area contributed by atoms with Crippen molar-refractivity contribution in [2.75, 3.05) is 5.75 Å². The van der Waals surface area contributed by atoms with Crippen molar-refractivity contribution in [3.05, 3.63) is 0 Å². The maximum Gasteiger partial charge on any atom is 0.309 e. The SMILES string of the molecule is CC(O)C(C)SCCC(C)(C)C(=O)O. The van der Waals surface area contributed by atoms with Gasteiger partial charge in [0.2, 0.25) is 0 Å². The number of hydrogen-bond donors (Lipinski definition) is 2. The summed E-state index contributed by atoms with van der Waals surface area (Å²) in [7, 11) is 0. The van der Waals surface area contributed by atoms with Crippen molar-refractivity contribution in [1.82, 2.24) is 0 Å². The Morgan fingerprint density at radius 3 is 2.29 bits per heavy atom. The number of aliphatic carboxylic acids is 1. The van der Waals surface area contributed by atoms with Crippen molar-refractivity contribution < 1.29 is 15.0 Å². The zero-order valence-electron chi connectivity index (χ0n) is 9.28. The molecule has 84 valence electrons. The van der Waals surface area contributed by atoms with Gasteiger partial charge in [0.05, 0.1) is 11.5 Å². The lowest BCUT2D eigenvalue weighted by Gasteiger charge is -2.20. The van der Waals surface area contributed by atoms with Crippen LogP contribution in [0.15, 0.2) is 0 Å². The first-order valence-corrected chi connectivity index (χ1v) is 5.85. The predicted molar refractivity (Wildman–Crippen MR) is 59.6 cm³/mol. The number of carbonyl (C=O) groups is 1. The fourth-order valence-corrected chi connectivity index (χ4v) is 2.02. The van der Waals surface area contributed by atoms with E-state index in [1.54, 1.807) is 32.5 Å². The monoisotopic (exact) mass is 220 g/mol. The molecule has 0 spiro atoms. The standard InChI is InChI=1S/C10H20O3S/c1-7(11)8(2)14-6-5-10(3,4)9(12)13/h7-8,11H,5-6H2,1-4H3,(H,12,13). The fraction of sp³-hybridized carbons (Fsp3) is 0.900. The smallest absolute Gasteiger partial charge is 0.309 e. The van der Waals surface area contributed by atoms with Gasteiger partial charge < -0.3 is 10.2 Å². The minimum absolute atomic E-state index is 0.166. The summed E-state index contributed by atoms with van der Waals surface area (Å²) in [5.74, 6) is 0.00792. The molecule has 0 radical (unpaired) electrons. The number of thioether (sulfide) groups is 1. The van der Waals surface area contributed by atoms with Crippen molar-refractivity contribution >= 4 is 17.7 Å². The van der Waals surface area contributed by atoms with E-state index in [4.69, 9.17) is 5.11 Å². The molecule has 0 aliphatic heterocycles. The van der Waals surface area contributed by atoms with Crippen LogP contribution in [0.25, 0.3) is 0 Å². The molecular weight excluding hydrogens is 200 g/mol. The molecule has 0 heterocycles. The van der Waals surface area contributed by atoms with Gasteiger partial charge in [-0.25, -0.2) is 0 Å². The van der Waals surface area contributed by atoms with Crippen molar-refractivity contribution in [1.29, 1.82) is 0 Å². The van der Waals surface area contributed by atoms with Crippen molar-refractivity contribution in [3.63, 3.8) is 0 Å². The van der Waals surface area contributed by atoms with Gasteiger partial charge in [0.25, 0.3) is 0 Å². The van der Waals surface area contributed by atoms with Gasteiger partial charge in [-0.15, -0.1) is 0 Å². The largest absolute Gasteiger partial charge is 0.481 e. The molecule has 0 saturated carbocycles. The predicted octanol–water partition coefficient (Wildman–Crippen LogP) is 1.99. The quantitative estimate of drug-likeness (QED) is 0.718. The molecule has 14 heavy (non-hydrogen) atoms. The molecule has 0 rings (SSSR count). The summed E-state index contributed by atoms with van der Waals surface area (Å²) >= 11 is 1.62. The molecule has 0 aromatic rings. The number of aliphatic hydroxyl groups excluding tert-OH is 1. The average molecular weight is 220 g/mol. The van der Waals surface area contributed by atoms with Gasteiger partial charge in [0, 0.05) is 5.25 Å². The van der Waals surface area contributed by atoms with Crippen LogP contribution in [0, 0.1) is 5.41 Å². The van der Waals surface area contributed by atoms with Crippen molar-refractivity contribution in [2.45, 2.75) is 45.5 Å². The number of carboxylic acids is 1. The molecule has 2 N–H and O–H groups in total. The summed E-state index contributed by atoms with van der Waals surface area (Å²) in [6, 6.07) is 0. The summed E-state index contributed by atoms with van der Waals surface area (Å²) in [5.41, 5.74) is -0.661. The van der Waals surface area contributed by atoms with E-state index in [1.807, 2.05) is 6.92 Å². The Hall–Kier alpha value is -0.220. The van der Waals surface area contributed by atoms with Crippen LogP contribution in [0.3, 0.4) is 0 Å². The Morgan fingerprint density at radius 1 is 1.43 bits per heavy atom. The van der Waals surface area contributed by atoms with E-state index in [-0.39, 0.29) is 11.4 Å². The summed E-state index contributed by atoms with van der Waals surface area (Å²) < 4.78 is 0.